The Kier molecular flexibility index (Phi) is 5.68. The van der Waals surface area contributed by atoms with Crippen LogP contribution in [0.3, 0.4) is 0 Å². The zero-order valence-corrected chi connectivity index (χ0v) is 6.02. The molecule has 0 spiro atoms. The van der Waals surface area contributed by atoms with Gasteiger partial charge in [-0.2, -0.15) is 0 Å². The van der Waals surface area contributed by atoms with Crippen LogP contribution in [0.4, 0.5) is 0 Å². The quantitative estimate of drug-likeness (QED) is 0.228. The number of nitrogens with zero attached hydrogens (tertiary/aromatic N) is 1. The third kappa shape index (κ3) is 9.50. The van der Waals surface area contributed by atoms with Crippen LogP contribution in [0.25, 0.3) is 0 Å². The summed E-state index contributed by atoms with van der Waals surface area (Å²) < 4.78 is 0. The van der Waals surface area contributed by atoms with Crippen molar-refractivity contribution in [2.75, 3.05) is 0 Å². The molecule has 0 radical (unpaired) electrons. The fourth-order valence-electron chi connectivity index (χ4n) is 0.194. The van der Waals surface area contributed by atoms with Crippen LogP contribution in [0.2, 0.25) is 19.6 Å². The van der Waals surface area contributed by atoms with E-state index in [1.165, 1.54) is 0 Å². The molecule has 1 N–H and O–H groups in total. The van der Waals surface area contributed by atoms with Crippen molar-refractivity contribution in [2.24, 2.45) is 0 Å². The van der Waals surface area contributed by atoms with E-state index in [1.807, 2.05) is 0 Å². The van der Waals surface area contributed by atoms with E-state index in [0.29, 0.717) is 0 Å². The molecule has 0 rings (SSSR count). The van der Waals surface area contributed by atoms with Crippen molar-refractivity contribution in [2.45, 2.75) is 19.6 Å². The summed E-state index contributed by atoms with van der Waals surface area (Å²) in [5, 5.41) is 0. The predicted octanol–water partition coefficient (Wildman–Crippen LogP) is 0.525. The van der Waals surface area contributed by atoms with Gasteiger partial charge in [-0.1, -0.05) is 19.6 Å². The van der Waals surface area contributed by atoms with Crippen molar-refractivity contribution < 1.29 is 4.79 Å². The second kappa shape index (κ2) is 4.11. The molecule has 0 aromatic carbocycles. The molecule has 0 aliphatic carbocycles. The molecule has 8 heavy (non-hydrogen) atoms. The molecule has 0 amide bonds. The van der Waals surface area contributed by atoms with E-state index in [1.54, 1.807) is 5.84 Å². The van der Waals surface area contributed by atoms with Gasteiger partial charge in [0.1, 0.15) is 0 Å². The summed E-state index contributed by atoms with van der Waals surface area (Å²) in [5.74, 6) is 1.74. The summed E-state index contributed by atoms with van der Waals surface area (Å²) in [6.45, 7) is 6.43. The van der Waals surface area contributed by atoms with Crippen LogP contribution in [0.5, 0.6) is 0 Å². The normalized spacial score (nSPS) is 8.88. The molecule has 0 atom stereocenters. The Morgan fingerprint density at radius 3 is 1.75 bits per heavy atom. The molecule has 0 fully saturated rings. The standard InChI is InChI=1S/C4H11N2Si.Li.H/c1-7(2,3)4-6-5;;/h4-5H,1-3H3;;/q+1;;. The van der Waals surface area contributed by atoms with E-state index in [0.717, 1.165) is 0 Å². The van der Waals surface area contributed by atoms with Crippen LogP contribution in [-0.2, 0) is 0 Å². The SMILES string of the molecule is C[Si](C)(C)C=[N+]=N.[LiH]. The predicted molar refractivity (Wildman–Crippen MR) is 39.5 cm³/mol. The molecular formula is C4H12LiN2Si+. The third-order valence-corrected chi connectivity index (χ3v) is 1.36. The van der Waals surface area contributed by atoms with E-state index in [2.05, 4.69) is 24.4 Å². The molecule has 0 aliphatic heterocycles. The first-order chi connectivity index (χ1) is 3.06. The van der Waals surface area contributed by atoms with E-state index in [-0.39, 0.29) is 18.9 Å². The van der Waals surface area contributed by atoms with Gasteiger partial charge in [0.25, 0.3) is 5.84 Å². The molecule has 0 heterocycles. The van der Waals surface area contributed by atoms with Crippen molar-refractivity contribution in [3.05, 3.63) is 0 Å². The van der Waals surface area contributed by atoms with Gasteiger partial charge < -0.3 is 0 Å². The molecule has 0 aromatic rings. The Balaban J connectivity index is 0. The van der Waals surface area contributed by atoms with Crippen molar-refractivity contribution in [1.82, 2.24) is 0 Å². The van der Waals surface area contributed by atoms with Gasteiger partial charge in [-0.05, 0) is 0 Å². The number of nitrogens with one attached hydrogen (secondary N) is 1. The van der Waals surface area contributed by atoms with Crippen LogP contribution >= 0.6 is 0 Å². The summed E-state index contributed by atoms with van der Waals surface area (Å²) >= 11 is 0. The maximum atomic E-state index is 6.46. The number of rotatable bonds is 1. The molecule has 2 nitrogen and oxygen atoms in total. The van der Waals surface area contributed by atoms with Crippen molar-refractivity contribution in [3.63, 3.8) is 0 Å². The average Bonchev–Trinajstić information content (AvgIpc) is 1.30. The topological polar surface area (TPSA) is 38.0 Å². The van der Waals surface area contributed by atoms with E-state index < -0.39 is 8.07 Å². The summed E-state index contributed by atoms with van der Waals surface area (Å²) in [7, 11) is -1.14. The fourth-order valence-corrected chi connectivity index (χ4v) is 0.581. The molecule has 0 bridgehead atoms. The Hall–Kier alpha value is 0.194. The summed E-state index contributed by atoms with van der Waals surface area (Å²) in [5.41, 5.74) is 6.46. The van der Waals surface area contributed by atoms with Gasteiger partial charge >= 0.3 is 18.9 Å². The van der Waals surface area contributed by atoms with Gasteiger partial charge in [0.15, 0.2) is 8.07 Å². The minimum atomic E-state index is -1.14. The molecule has 0 aliphatic rings. The first kappa shape index (κ1) is 11.1. The van der Waals surface area contributed by atoms with E-state index in [4.69, 9.17) is 5.53 Å². The first-order valence-electron chi connectivity index (χ1n) is 2.27. The molecule has 42 valence electrons. The van der Waals surface area contributed by atoms with E-state index in [9.17, 15) is 0 Å². The van der Waals surface area contributed by atoms with Crippen molar-refractivity contribution >= 4 is 32.8 Å². The Bertz CT molecular complexity index is 101. The van der Waals surface area contributed by atoms with Crippen LogP contribution in [0, 0.1) is 5.53 Å². The van der Waals surface area contributed by atoms with Crippen LogP contribution < -0.4 is 0 Å². The maximum absolute atomic E-state index is 6.46. The molecule has 4 heteroatoms. The van der Waals surface area contributed by atoms with Crippen molar-refractivity contribution in [3.8, 4) is 0 Å². The second-order valence-corrected chi connectivity index (χ2v) is 7.61. The summed E-state index contributed by atoms with van der Waals surface area (Å²) in [6.07, 6.45) is 0. The molecule has 0 aromatic heterocycles. The van der Waals surface area contributed by atoms with Crippen LogP contribution in [0.15, 0.2) is 0 Å². The average molecular weight is 123 g/mol. The second-order valence-electron chi connectivity index (χ2n) is 2.62. The van der Waals surface area contributed by atoms with Crippen LogP contribution in [0.1, 0.15) is 0 Å². The zero-order valence-electron chi connectivity index (χ0n) is 5.02. The van der Waals surface area contributed by atoms with Gasteiger partial charge in [0, 0.05) is 4.79 Å². The summed E-state index contributed by atoms with van der Waals surface area (Å²) in [4.78, 5) is 3.19. The van der Waals surface area contributed by atoms with Gasteiger partial charge in [-0.3, -0.25) is 0 Å². The van der Waals surface area contributed by atoms with Gasteiger partial charge in [0.05, 0.1) is 5.53 Å². The fraction of sp³-hybridized carbons (Fsp3) is 0.750. The number of hydrogen-bond acceptors (Lipinski definition) is 1. The molecule has 0 saturated carbocycles. The third-order valence-electron chi connectivity index (χ3n) is 0.452. The monoisotopic (exact) mass is 123 g/mol. The molecule has 0 unspecified atom stereocenters. The number of hydrogen-bond donors (Lipinski definition) is 1. The van der Waals surface area contributed by atoms with E-state index >= 15 is 0 Å². The zero-order chi connectivity index (χ0) is 5.91. The van der Waals surface area contributed by atoms with Gasteiger partial charge in [-0.25, -0.2) is 0 Å². The molecule has 0 saturated heterocycles. The Labute approximate surface area is 63.1 Å². The van der Waals surface area contributed by atoms with Gasteiger partial charge in [0.2, 0.25) is 0 Å². The molecular weight excluding hydrogens is 111 g/mol. The minimum absolute atomic E-state index is 0. The van der Waals surface area contributed by atoms with Crippen molar-refractivity contribution in [1.29, 1.82) is 5.53 Å². The van der Waals surface area contributed by atoms with Crippen LogP contribution in [-0.4, -0.2) is 37.6 Å². The first-order valence-corrected chi connectivity index (χ1v) is 5.85. The Morgan fingerprint density at radius 1 is 1.38 bits per heavy atom. The van der Waals surface area contributed by atoms with Gasteiger partial charge in [-0.15, -0.1) is 0 Å². The summed E-state index contributed by atoms with van der Waals surface area (Å²) in [6, 6.07) is 0. The Morgan fingerprint density at radius 2 is 1.75 bits per heavy atom.